The van der Waals surface area contributed by atoms with Crippen LogP contribution in [0.15, 0.2) is 18.2 Å². The van der Waals surface area contributed by atoms with Gasteiger partial charge in [0.1, 0.15) is 0 Å². The molecule has 10 heteroatoms. The summed E-state index contributed by atoms with van der Waals surface area (Å²) in [7, 11) is 0. The number of carboxylic acid groups (broad SMARTS) is 1. The van der Waals surface area contributed by atoms with E-state index < -0.39 is 40.2 Å². The fraction of sp³-hybridized carbons (Fsp3) is 0.364. The minimum Gasteiger partial charge on any atom is -0.479 e. The highest BCUT2D eigenvalue weighted by Gasteiger charge is 2.34. The van der Waals surface area contributed by atoms with Gasteiger partial charge in [-0.2, -0.15) is 13.2 Å². The van der Waals surface area contributed by atoms with Gasteiger partial charge >= 0.3 is 17.8 Å². The molecular formula is C11H11F3N2O5. The highest BCUT2D eigenvalue weighted by Crippen LogP contribution is 2.36. The molecule has 0 aliphatic heterocycles. The Morgan fingerprint density at radius 1 is 1.48 bits per heavy atom. The Balaban J connectivity index is 3.18. The Bertz CT molecular complexity index is 547. The van der Waals surface area contributed by atoms with Crippen LogP contribution in [0.2, 0.25) is 0 Å². The van der Waals surface area contributed by atoms with E-state index in [0.717, 1.165) is 0 Å². The summed E-state index contributed by atoms with van der Waals surface area (Å²) in [5.41, 5.74) is 2.98. The van der Waals surface area contributed by atoms with Crippen molar-refractivity contribution in [2.75, 3.05) is 6.54 Å². The summed E-state index contributed by atoms with van der Waals surface area (Å²) in [4.78, 5) is 20.6. The van der Waals surface area contributed by atoms with Gasteiger partial charge in [0.05, 0.1) is 10.5 Å². The molecule has 1 atom stereocenters. The molecule has 0 fully saturated rings. The van der Waals surface area contributed by atoms with Gasteiger partial charge in [-0.05, 0) is 18.7 Å². The molecule has 0 amide bonds. The fourth-order valence-corrected chi connectivity index (χ4v) is 1.47. The number of nitrogens with zero attached hydrogens (tertiary/aromatic N) is 1. The Labute approximate surface area is 116 Å². The molecule has 3 N–H and O–H groups in total. The van der Waals surface area contributed by atoms with Crippen molar-refractivity contribution in [3.63, 3.8) is 0 Å². The lowest BCUT2D eigenvalue weighted by Gasteiger charge is -2.15. The van der Waals surface area contributed by atoms with Crippen molar-refractivity contribution in [1.82, 2.24) is 0 Å². The minimum absolute atomic E-state index is 0.0641. The molecule has 0 aliphatic rings. The lowest BCUT2D eigenvalue weighted by Crippen LogP contribution is -2.29. The van der Waals surface area contributed by atoms with Crippen molar-refractivity contribution in [3.05, 3.63) is 33.9 Å². The number of carbonyl (C=O) groups is 1. The molecule has 116 valence electrons. The van der Waals surface area contributed by atoms with Crippen LogP contribution in [0.1, 0.15) is 12.0 Å². The van der Waals surface area contributed by atoms with Crippen molar-refractivity contribution in [1.29, 1.82) is 0 Å². The van der Waals surface area contributed by atoms with E-state index in [1.54, 1.807) is 0 Å². The van der Waals surface area contributed by atoms with E-state index in [1.165, 1.54) is 0 Å². The monoisotopic (exact) mass is 308 g/mol. The van der Waals surface area contributed by atoms with Crippen LogP contribution in [-0.2, 0) is 11.0 Å². The van der Waals surface area contributed by atoms with Gasteiger partial charge in [0.2, 0.25) is 0 Å². The summed E-state index contributed by atoms with van der Waals surface area (Å²) in [6.45, 7) is -0.0641. The number of carboxylic acids is 1. The van der Waals surface area contributed by atoms with Crippen LogP contribution in [-0.4, -0.2) is 28.6 Å². The molecule has 0 saturated carbocycles. The summed E-state index contributed by atoms with van der Waals surface area (Å²) in [6.07, 6.45) is -6.38. The van der Waals surface area contributed by atoms with Crippen molar-refractivity contribution in [2.45, 2.75) is 18.7 Å². The number of aliphatic carboxylic acids is 1. The van der Waals surface area contributed by atoms with E-state index in [0.29, 0.717) is 12.1 Å². The van der Waals surface area contributed by atoms with Gasteiger partial charge < -0.3 is 15.6 Å². The third-order valence-corrected chi connectivity index (χ3v) is 2.46. The molecule has 1 unspecified atom stereocenters. The van der Waals surface area contributed by atoms with Gasteiger partial charge in [0.25, 0.3) is 0 Å². The van der Waals surface area contributed by atoms with Crippen LogP contribution in [0.4, 0.5) is 18.9 Å². The Morgan fingerprint density at radius 3 is 2.52 bits per heavy atom. The maximum absolute atomic E-state index is 12.5. The average molecular weight is 308 g/mol. The van der Waals surface area contributed by atoms with Crippen LogP contribution in [0.5, 0.6) is 5.75 Å². The van der Waals surface area contributed by atoms with E-state index in [1.807, 2.05) is 0 Å². The summed E-state index contributed by atoms with van der Waals surface area (Å²) in [5, 5.41) is 19.6. The fourth-order valence-electron chi connectivity index (χ4n) is 1.47. The number of benzene rings is 1. The zero-order valence-electron chi connectivity index (χ0n) is 10.5. The van der Waals surface area contributed by atoms with Crippen LogP contribution in [0.25, 0.3) is 0 Å². The molecule has 7 nitrogen and oxygen atoms in total. The molecule has 1 aromatic carbocycles. The minimum atomic E-state index is -4.76. The predicted molar refractivity (Wildman–Crippen MR) is 63.8 cm³/mol. The van der Waals surface area contributed by atoms with E-state index in [4.69, 9.17) is 15.6 Å². The van der Waals surface area contributed by atoms with Crippen molar-refractivity contribution >= 4 is 11.7 Å². The van der Waals surface area contributed by atoms with Gasteiger partial charge in [-0.3, -0.25) is 10.1 Å². The lowest BCUT2D eigenvalue weighted by atomic mass is 10.1. The Kier molecular flexibility index (Phi) is 5.08. The highest BCUT2D eigenvalue weighted by atomic mass is 19.4. The molecular weight excluding hydrogens is 297 g/mol. The van der Waals surface area contributed by atoms with Gasteiger partial charge in [0, 0.05) is 12.5 Å². The number of hydrogen-bond acceptors (Lipinski definition) is 5. The zero-order valence-corrected chi connectivity index (χ0v) is 10.5. The van der Waals surface area contributed by atoms with Gasteiger partial charge in [-0.15, -0.1) is 0 Å². The Hall–Kier alpha value is -2.36. The first-order valence-electron chi connectivity index (χ1n) is 5.62. The van der Waals surface area contributed by atoms with Gasteiger partial charge in [-0.25, -0.2) is 4.79 Å². The van der Waals surface area contributed by atoms with Crippen LogP contribution in [0, 0.1) is 10.1 Å². The Morgan fingerprint density at radius 2 is 2.10 bits per heavy atom. The molecule has 0 saturated heterocycles. The topological polar surface area (TPSA) is 116 Å². The molecule has 0 spiro atoms. The number of hydrogen-bond donors (Lipinski definition) is 2. The number of nitro benzene ring substituents is 1. The van der Waals surface area contributed by atoms with Gasteiger partial charge in [-0.1, -0.05) is 0 Å². The van der Waals surface area contributed by atoms with Crippen molar-refractivity contribution < 1.29 is 32.7 Å². The van der Waals surface area contributed by atoms with Crippen LogP contribution >= 0.6 is 0 Å². The van der Waals surface area contributed by atoms with E-state index >= 15 is 0 Å². The third-order valence-electron chi connectivity index (χ3n) is 2.46. The normalized spacial score (nSPS) is 12.8. The van der Waals surface area contributed by atoms with Gasteiger partial charge in [0.15, 0.2) is 11.9 Å². The second kappa shape index (κ2) is 6.39. The first kappa shape index (κ1) is 16.7. The first-order chi connectivity index (χ1) is 9.66. The van der Waals surface area contributed by atoms with Crippen molar-refractivity contribution in [2.24, 2.45) is 5.73 Å². The molecule has 0 heterocycles. The van der Waals surface area contributed by atoms with E-state index in [-0.39, 0.29) is 19.0 Å². The summed E-state index contributed by atoms with van der Waals surface area (Å²) >= 11 is 0. The number of ether oxygens (including phenoxy) is 1. The predicted octanol–water partition coefficient (Wildman–Crippen LogP) is 1.79. The van der Waals surface area contributed by atoms with Crippen LogP contribution in [0.3, 0.4) is 0 Å². The molecule has 0 bridgehead atoms. The zero-order chi connectivity index (χ0) is 16.2. The molecule has 0 aromatic heterocycles. The number of halogens is 3. The van der Waals surface area contributed by atoms with E-state index in [2.05, 4.69) is 0 Å². The maximum atomic E-state index is 12.5. The van der Waals surface area contributed by atoms with Crippen LogP contribution < -0.4 is 10.5 Å². The molecule has 1 aromatic rings. The molecule has 1 rings (SSSR count). The molecule has 0 radical (unpaired) electrons. The summed E-state index contributed by atoms with van der Waals surface area (Å²) < 4.78 is 42.4. The lowest BCUT2D eigenvalue weighted by molar-refractivity contribution is -0.386. The van der Waals surface area contributed by atoms with E-state index in [9.17, 15) is 28.1 Å². The highest BCUT2D eigenvalue weighted by molar-refractivity contribution is 5.73. The quantitative estimate of drug-likeness (QED) is 0.611. The first-order valence-corrected chi connectivity index (χ1v) is 5.62. The number of nitrogens with two attached hydrogens (primary N) is 1. The molecule has 0 aliphatic carbocycles. The number of rotatable bonds is 6. The largest absolute Gasteiger partial charge is 0.479 e. The second-order valence-corrected chi connectivity index (χ2v) is 3.96. The number of alkyl halides is 3. The maximum Gasteiger partial charge on any atom is 0.416 e. The number of nitro groups is 1. The SMILES string of the molecule is NCCC(Oc1ccc(C(F)(F)F)cc1[N+](=O)[O-])C(=O)O. The summed E-state index contributed by atoms with van der Waals surface area (Å²) in [6, 6.07) is 1.58. The van der Waals surface area contributed by atoms with Crippen molar-refractivity contribution in [3.8, 4) is 5.75 Å². The smallest absolute Gasteiger partial charge is 0.416 e. The average Bonchev–Trinajstić information content (AvgIpc) is 2.36. The summed E-state index contributed by atoms with van der Waals surface area (Å²) in [5.74, 6) is -1.98. The molecule has 21 heavy (non-hydrogen) atoms. The standard InChI is InChI=1S/C11H11F3N2O5/c12-11(13,14)6-1-2-8(7(5-6)16(19)20)21-9(3-4-15)10(17)18/h1-2,5,9H,3-4,15H2,(H,17,18). The third kappa shape index (κ3) is 4.31. The second-order valence-electron chi connectivity index (χ2n) is 3.96.